The highest BCUT2D eigenvalue weighted by atomic mass is 32.2. The molecule has 0 saturated heterocycles. The number of amides is 1. The molecule has 0 heterocycles. The Morgan fingerprint density at radius 3 is 2.43 bits per heavy atom. The number of benzene rings is 2. The number of hydrogen-bond acceptors (Lipinski definition) is 5. The van der Waals surface area contributed by atoms with Crippen molar-refractivity contribution in [2.24, 2.45) is 11.0 Å². The Balaban J connectivity index is 2.12. The number of carbonyl (C=O) groups is 1. The van der Waals surface area contributed by atoms with E-state index < -0.39 is 15.9 Å². The highest BCUT2D eigenvalue weighted by Crippen LogP contribution is 2.20. The molecule has 0 atom stereocenters. The van der Waals surface area contributed by atoms with Crippen LogP contribution in [0.2, 0.25) is 0 Å². The maximum atomic E-state index is 12.6. The van der Waals surface area contributed by atoms with E-state index in [0.717, 1.165) is 12.8 Å². The van der Waals surface area contributed by atoms with E-state index in [1.165, 1.54) is 31.4 Å². The lowest BCUT2D eigenvalue weighted by molar-refractivity contribution is 0.0954. The molecule has 0 fully saturated rings. The first-order chi connectivity index (χ1) is 13.4. The van der Waals surface area contributed by atoms with Crippen molar-refractivity contribution >= 4 is 27.8 Å². The van der Waals surface area contributed by atoms with Gasteiger partial charge in [-0.05, 0) is 61.2 Å². The van der Waals surface area contributed by atoms with Crippen LogP contribution in [0.1, 0.15) is 37.0 Å². The van der Waals surface area contributed by atoms with E-state index in [9.17, 15) is 13.2 Å². The fourth-order valence-corrected chi connectivity index (χ4v) is 3.55. The summed E-state index contributed by atoms with van der Waals surface area (Å²) in [5, 5.41) is 3.96. The van der Waals surface area contributed by atoms with Crippen LogP contribution in [-0.4, -0.2) is 27.6 Å². The Morgan fingerprint density at radius 1 is 1.14 bits per heavy atom. The minimum absolute atomic E-state index is 0.0139. The third kappa shape index (κ3) is 5.82. The number of sulfonamides is 1. The molecule has 0 spiro atoms. The van der Waals surface area contributed by atoms with Crippen molar-refractivity contribution in [3.05, 3.63) is 54.1 Å². The Labute approximate surface area is 165 Å². The van der Waals surface area contributed by atoms with Gasteiger partial charge < -0.3 is 4.74 Å². The lowest BCUT2D eigenvalue weighted by Crippen LogP contribution is -2.19. The molecule has 28 heavy (non-hydrogen) atoms. The molecule has 150 valence electrons. The van der Waals surface area contributed by atoms with Crippen LogP contribution in [0.3, 0.4) is 0 Å². The van der Waals surface area contributed by atoms with E-state index in [2.05, 4.69) is 15.2 Å². The van der Waals surface area contributed by atoms with Gasteiger partial charge in [0.1, 0.15) is 5.75 Å². The molecule has 0 aliphatic rings. The largest absolute Gasteiger partial charge is 0.497 e. The molecule has 2 N–H and O–H groups in total. The fraction of sp³-hybridized carbons (Fsp3) is 0.300. The Bertz CT molecular complexity index is 921. The van der Waals surface area contributed by atoms with Gasteiger partial charge in [-0.2, -0.15) is 5.10 Å². The lowest BCUT2D eigenvalue weighted by Gasteiger charge is -2.10. The van der Waals surface area contributed by atoms with Crippen LogP contribution in [0, 0.1) is 5.92 Å². The number of hydrogen-bond donors (Lipinski definition) is 2. The van der Waals surface area contributed by atoms with E-state index in [0.29, 0.717) is 17.4 Å². The van der Waals surface area contributed by atoms with E-state index in [1.807, 2.05) is 13.8 Å². The summed E-state index contributed by atoms with van der Waals surface area (Å²) in [7, 11) is -2.31. The van der Waals surface area contributed by atoms with Crippen molar-refractivity contribution in [3.8, 4) is 5.75 Å². The Kier molecular flexibility index (Phi) is 7.57. The van der Waals surface area contributed by atoms with Gasteiger partial charge in [-0.3, -0.25) is 9.52 Å². The summed E-state index contributed by atoms with van der Waals surface area (Å²) in [4.78, 5) is 12.2. The number of nitrogens with zero attached hydrogens (tertiary/aromatic N) is 1. The first-order valence-electron chi connectivity index (χ1n) is 9.00. The van der Waals surface area contributed by atoms with E-state index in [4.69, 9.17) is 4.74 Å². The molecule has 0 aliphatic heterocycles. The topological polar surface area (TPSA) is 96.9 Å². The van der Waals surface area contributed by atoms with Gasteiger partial charge in [-0.25, -0.2) is 13.8 Å². The average molecular weight is 404 g/mol. The maximum absolute atomic E-state index is 12.6. The van der Waals surface area contributed by atoms with Crippen molar-refractivity contribution in [3.63, 3.8) is 0 Å². The molecule has 7 nitrogen and oxygen atoms in total. The molecular formula is C20H25N3O4S. The van der Waals surface area contributed by atoms with Gasteiger partial charge >= 0.3 is 0 Å². The third-order valence-electron chi connectivity index (χ3n) is 4.25. The van der Waals surface area contributed by atoms with Crippen molar-refractivity contribution in [1.82, 2.24) is 5.43 Å². The first-order valence-corrected chi connectivity index (χ1v) is 10.5. The Morgan fingerprint density at radius 2 is 1.82 bits per heavy atom. The number of nitrogens with one attached hydrogen (secondary N) is 2. The lowest BCUT2D eigenvalue weighted by atomic mass is 10.1. The second-order valence-corrected chi connectivity index (χ2v) is 7.84. The van der Waals surface area contributed by atoms with Crippen LogP contribution in [0.25, 0.3) is 0 Å². The number of rotatable bonds is 9. The van der Waals surface area contributed by atoms with Gasteiger partial charge in [-0.1, -0.05) is 19.9 Å². The molecule has 0 bridgehead atoms. The minimum Gasteiger partial charge on any atom is -0.497 e. The number of ether oxygens (including phenoxy) is 1. The molecule has 1 amide bonds. The highest BCUT2D eigenvalue weighted by molar-refractivity contribution is 7.92. The van der Waals surface area contributed by atoms with Gasteiger partial charge in [0, 0.05) is 17.5 Å². The fourth-order valence-electron chi connectivity index (χ4n) is 2.44. The second-order valence-electron chi connectivity index (χ2n) is 6.16. The summed E-state index contributed by atoms with van der Waals surface area (Å²) in [6.45, 7) is 4.10. The predicted octanol–water partition coefficient (Wildman–Crippen LogP) is 3.65. The van der Waals surface area contributed by atoms with Crippen LogP contribution in [0.15, 0.2) is 58.5 Å². The SMILES string of the molecule is CCC(/C=N\NC(=O)c1cccc(S(=O)(=O)Nc2ccc(OC)cc2)c1)CC. The summed E-state index contributed by atoms with van der Waals surface area (Å²) in [5.74, 6) is 0.444. The standard InChI is InChI=1S/C20H25N3O4S/c1-4-15(5-2)14-21-22-20(24)16-7-6-8-19(13-16)28(25,26)23-17-9-11-18(27-3)12-10-17/h6-15,23H,4-5H2,1-3H3,(H,22,24)/b21-14-. The van der Waals surface area contributed by atoms with Crippen LogP contribution in [-0.2, 0) is 10.0 Å². The van der Waals surface area contributed by atoms with Crippen molar-refractivity contribution < 1.29 is 17.9 Å². The van der Waals surface area contributed by atoms with Gasteiger partial charge in [0.15, 0.2) is 0 Å². The molecule has 8 heteroatoms. The molecular weight excluding hydrogens is 378 g/mol. The molecule has 0 aliphatic carbocycles. The molecule has 2 aromatic rings. The maximum Gasteiger partial charge on any atom is 0.271 e. The van der Waals surface area contributed by atoms with Crippen LogP contribution < -0.4 is 14.9 Å². The van der Waals surface area contributed by atoms with Gasteiger partial charge in [-0.15, -0.1) is 0 Å². The molecule has 2 aromatic carbocycles. The Hall–Kier alpha value is -2.87. The molecule has 0 radical (unpaired) electrons. The van der Waals surface area contributed by atoms with E-state index in [-0.39, 0.29) is 10.5 Å². The van der Waals surface area contributed by atoms with Gasteiger partial charge in [0.2, 0.25) is 0 Å². The predicted molar refractivity (Wildman–Crippen MR) is 110 cm³/mol. The molecule has 0 aromatic heterocycles. The molecule has 0 saturated carbocycles. The minimum atomic E-state index is -3.84. The van der Waals surface area contributed by atoms with Crippen molar-refractivity contribution in [1.29, 1.82) is 0 Å². The quantitative estimate of drug-likeness (QED) is 0.493. The summed E-state index contributed by atoms with van der Waals surface area (Å²) < 4.78 is 32.8. The number of carbonyl (C=O) groups excluding carboxylic acids is 1. The zero-order valence-corrected chi connectivity index (χ0v) is 17.0. The van der Waals surface area contributed by atoms with Gasteiger partial charge in [0.25, 0.3) is 15.9 Å². The van der Waals surface area contributed by atoms with Crippen LogP contribution in [0.4, 0.5) is 5.69 Å². The summed E-state index contributed by atoms with van der Waals surface area (Å²) in [6, 6.07) is 12.3. The van der Waals surface area contributed by atoms with Gasteiger partial charge in [0.05, 0.1) is 12.0 Å². The zero-order valence-electron chi connectivity index (χ0n) is 16.2. The van der Waals surface area contributed by atoms with Crippen LogP contribution >= 0.6 is 0 Å². The summed E-state index contributed by atoms with van der Waals surface area (Å²) in [6.07, 6.45) is 3.56. The first kappa shape index (κ1) is 21.4. The number of methoxy groups -OCH3 is 1. The van der Waals surface area contributed by atoms with E-state index >= 15 is 0 Å². The van der Waals surface area contributed by atoms with Crippen LogP contribution in [0.5, 0.6) is 5.75 Å². The second kappa shape index (κ2) is 9.89. The number of hydrazone groups is 1. The zero-order chi connectivity index (χ0) is 20.6. The molecule has 0 unspecified atom stereocenters. The smallest absolute Gasteiger partial charge is 0.271 e. The summed E-state index contributed by atoms with van der Waals surface area (Å²) in [5.41, 5.74) is 3.04. The van der Waals surface area contributed by atoms with E-state index in [1.54, 1.807) is 30.5 Å². The van der Waals surface area contributed by atoms with Crippen molar-refractivity contribution in [2.75, 3.05) is 11.8 Å². The number of anilines is 1. The third-order valence-corrected chi connectivity index (χ3v) is 5.63. The highest BCUT2D eigenvalue weighted by Gasteiger charge is 2.16. The molecule has 2 rings (SSSR count). The monoisotopic (exact) mass is 403 g/mol. The summed E-state index contributed by atoms with van der Waals surface area (Å²) >= 11 is 0. The van der Waals surface area contributed by atoms with Crippen molar-refractivity contribution in [2.45, 2.75) is 31.6 Å². The normalized spacial score (nSPS) is 11.6. The average Bonchev–Trinajstić information content (AvgIpc) is 2.71.